The van der Waals surface area contributed by atoms with Crippen molar-refractivity contribution < 1.29 is 118 Å². The molecular formula is C45H53O24+. The molecule has 1 aromatic heterocycles. The lowest BCUT2D eigenvalue weighted by atomic mass is 9.98. The van der Waals surface area contributed by atoms with Crippen molar-refractivity contribution in [1.82, 2.24) is 0 Å². The number of carbonyl (C=O) groups is 1. The number of benzene rings is 3. The molecule has 3 aliphatic rings. The van der Waals surface area contributed by atoms with Gasteiger partial charge in [-0.3, -0.25) is 0 Å². The van der Waals surface area contributed by atoms with Crippen LogP contribution in [0.3, 0.4) is 0 Å². The lowest BCUT2D eigenvalue weighted by molar-refractivity contribution is -0.319. The molecule has 3 aliphatic heterocycles. The maximum atomic E-state index is 12.7. The first-order valence-electron chi connectivity index (χ1n) is 21.2. The monoisotopic (exact) mass is 977 g/mol. The molecule has 7 rings (SSSR count). The molecular weight excluding hydrogens is 924 g/mol. The van der Waals surface area contributed by atoms with Crippen LogP contribution in [0.25, 0.3) is 28.4 Å². The summed E-state index contributed by atoms with van der Waals surface area (Å²) >= 11 is 0. The van der Waals surface area contributed by atoms with E-state index < -0.39 is 123 Å². The zero-order valence-electron chi connectivity index (χ0n) is 37.1. The van der Waals surface area contributed by atoms with Gasteiger partial charge < -0.3 is 109 Å². The first-order chi connectivity index (χ1) is 32.9. The highest BCUT2D eigenvalue weighted by atomic mass is 16.7. The molecule has 0 unspecified atom stereocenters. The summed E-state index contributed by atoms with van der Waals surface area (Å²) in [6.07, 6.45) is -23.0. The van der Waals surface area contributed by atoms with E-state index in [-0.39, 0.29) is 56.8 Å². The van der Waals surface area contributed by atoms with E-state index in [0.29, 0.717) is 5.56 Å². The molecule has 0 radical (unpaired) electrons. The highest BCUT2D eigenvalue weighted by Crippen LogP contribution is 2.46. The van der Waals surface area contributed by atoms with E-state index >= 15 is 0 Å². The number of esters is 1. The predicted octanol–water partition coefficient (Wildman–Crippen LogP) is -1.00. The third kappa shape index (κ3) is 10.7. The smallest absolute Gasteiger partial charge is 0.402 e. The number of ether oxygens (including phenoxy) is 10. The van der Waals surface area contributed by atoms with Gasteiger partial charge >= 0.3 is 17.3 Å². The molecule has 15 atom stereocenters. The van der Waals surface area contributed by atoms with Gasteiger partial charge in [-0.2, -0.15) is 0 Å². The molecule has 3 aromatic carbocycles. The normalized spacial score (nSPS) is 31.6. The molecule has 24 nitrogen and oxygen atoms in total. The number of phenolic OH excluding ortho intramolecular Hbond substituents is 3. The van der Waals surface area contributed by atoms with Crippen molar-refractivity contribution in [3.63, 3.8) is 0 Å². The fourth-order valence-electron chi connectivity index (χ4n) is 7.78. The van der Waals surface area contributed by atoms with Crippen molar-refractivity contribution in [1.29, 1.82) is 0 Å². The van der Waals surface area contributed by atoms with Crippen molar-refractivity contribution in [3.8, 4) is 57.3 Å². The van der Waals surface area contributed by atoms with Gasteiger partial charge in [-0.25, -0.2) is 9.21 Å². The summed E-state index contributed by atoms with van der Waals surface area (Å²) in [4.78, 5) is 12.7. The zero-order valence-corrected chi connectivity index (χ0v) is 37.1. The summed E-state index contributed by atoms with van der Waals surface area (Å²) < 4.78 is 62.3. The van der Waals surface area contributed by atoms with Gasteiger partial charge in [0.1, 0.15) is 77.9 Å². The number of carbonyl (C=O) groups excluding carboxylic acids is 1. The quantitative estimate of drug-likeness (QED) is 0.0386. The summed E-state index contributed by atoms with van der Waals surface area (Å²) in [5.41, 5.74) is 0.446. The lowest BCUT2D eigenvalue weighted by Gasteiger charge is -2.42. The van der Waals surface area contributed by atoms with Crippen molar-refractivity contribution in [2.45, 2.75) is 99.0 Å². The summed E-state index contributed by atoms with van der Waals surface area (Å²) in [5.74, 6) is -2.68. The highest BCUT2D eigenvalue weighted by molar-refractivity contribution is 5.89. The highest BCUT2D eigenvalue weighted by Gasteiger charge is 2.50. The molecule has 24 heteroatoms. The Morgan fingerprint density at radius 3 is 1.87 bits per heavy atom. The van der Waals surface area contributed by atoms with Crippen LogP contribution in [0.1, 0.15) is 12.5 Å². The second-order valence-corrected chi connectivity index (χ2v) is 16.2. The number of methoxy groups -OCH3 is 3. The summed E-state index contributed by atoms with van der Waals surface area (Å²) in [6, 6.07) is 10.5. The van der Waals surface area contributed by atoms with E-state index in [0.717, 1.165) is 18.2 Å². The van der Waals surface area contributed by atoms with Gasteiger partial charge in [0.2, 0.25) is 24.1 Å². The topological polar surface area (TPSA) is 363 Å². The number of aromatic hydroxyl groups is 3. The van der Waals surface area contributed by atoms with Crippen LogP contribution in [-0.2, 0) is 28.5 Å². The minimum Gasteiger partial charge on any atom is -0.507 e. The molecule has 3 fully saturated rings. The van der Waals surface area contributed by atoms with E-state index in [4.69, 9.17) is 51.8 Å². The molecule has 69 heavy (non-hydrogen) atoms. The molecule has 0 aliphatic carbocycles. The second-order valence-electron chi connectivity index (χ2n) is 16.2. The number of phenols is 3. The van der Waals surface area contributed by atoms with Gasteiger partial charge in [-0.05, 0) is 30.7 Å². The number of hydrogen-bond acceptors (Lipinski definition) is 23. The maximum absolute atomic E-state index is 12.7. The first kappa shape index (κ1) is 51.0. The van der Waals surface area contributed by atoms with Crippen LogP contribution >= 0.6 is 0 Å². The van der Waals surface area contributed by atoms with Gasteiger partial charge in [0, 0.05) is 30.3 Å². The Bertz CT molecular complexity index is 2440. The summed E-state index contributed by atoms with van der Waals surface area (Å²) in [7, 11) is 3.88. The molecule has 0 spiro atoms. The van der Waals surface area contributed by atoms with Crippen molar-refractivity contribution in [3.05, 3.63) is 60.2 Å². The third-order valence-electron chi connectivity index (χ3n) is 11.6. The van der Waals surface area contributed by atoms with Crippen LogP contribution in [0.2, 0.25) is 0 Å². The molecule has 0 bridgehead atoms. The number of rotatable bonds is 15. The zero-order chi connectivity index (χ0) is 50.0. The Hall–Kier alpha value is -5.84. The minimum absolute atomic E-state index is 0.0267. The Morgan fingerprint density at radius 2 is 1.25 bits per heavy atom. The van der Waals surface area contributed by atoms with Gasteiger partial charge in [0.15, 0.2) is 35.4 Å². The number of hydrogen-bond donors (Lipinski definition) is 12. The Kier molecular flexibility index (Phi) is 15.8. The number of aliphatic hydroxyl groups is 9. The first-order valence-corrected chi connectivity index (χ1v) is 21.2. The van der Waals surface area contributed by atoms with Crippen LogP contribution in [0.15, 0.2) is 59.0 Å². The maximum Gasteiger partial charge on any atom is 0.402 e. The van der Waals surface area contributed by atoms with Crippen molar-refractivity contribution in [2.75, 3.05) is 34.5 Å². The van der Waals surface area contributed by atoms with Gasteiger partial charge in [0.05, 0.1) is 52.3 Å². The SMILES string of the molecule is COc1cc(C=CC(=O)O[C@@H]2[C@@H](O)[C@H](O)[C@H](OC[C@H]3O[C@@H](Oc4cc5c(O[C@@H]6O[C@H](CO)[C@H](O)[C@H](O)[C@H]6O)cc(O)cc5[o+]c4-c4cc(OC)c(O)c(OC)c4)[C@H](O)[C@H](O)[C@H]3O)O[C@H]2C)ccc1O. The van der Waals surface area contributed by atoms with Crippen LogP contribution in [0.5, 0.6) is 46.0 Å². The second kappa shape index (κ2) is 21.4. The summed E-state index contributed by atoms with van der Waals surface area (Å²) in [6.45, 7) is -0.0151. The van der Waals surface area contributed by atoms with Gasteiger partial charge in [-0.1, -0.05) is 6.07 Å². The molecule has 3 saturated heterocycles. The average Bonchev–Trinajstić information content (AvgIpc) is 3.33. The van der Waals surface area contributed by atoms with Crippen molar-refractivity contribution >= 4 is 23.0 Å². The Morgan fingerprint density at radius 1 is 0.652 bits per heavy atom. The number of fused-ring (bicyclic) bond motifs is 1. The summed E-state index contributed by atoms with van der Waals surface area (Å²) in [5, 5.41) is 128. The molecule has 0 saturated carbocycles. The van der Waals surface area contributed by atoms with Crippen LogP contribution in [0, 0.1) is 0 Å². The molecule has 4 heterocycles. The van der Waals surface area contributed by atoms with E-state index in [1.165, 1.54) is 70.7 Å². The van der Waals surface area contributed by atoms with Crippen molar-refractivity contribution in [2.24, 2.45) is 0 Å². The molecule has 376 valence electrons. The van der Waals surface area contributed by atoms with E-state index in [2.05, 4.69) is 0 Å². The van der Waals surface area contributed by atoms with Gasteiger partial charge in [-0.15, -0.1) is 0 Å². The number of aliphatic hydroxyl groups excluding tert-OH is 9. The lowest BCUT2D eigenvalue weighted by Crippen LogP contribution is -2.62. The predicted molar refractivity (Wildman–Crippen MR) is 230 cm³/mol. The minimum atomic E-state index is -1.99. The largest absolute Gasteiger partial charge is 0.507 e. The van der Waals surface area contributed by atoms with Crippen LogP contribution in [0.4, 0.5) is 0 Å². The van der Waals surface area contributed by atoms with Crippen LogP contribution < -0.4 is 23.7 Å². The fourth-order valence-corrected chi connectivity index (χ4v) is 7.78. The fraction of sp³-hybridized carbons (Fsp3) is 0.467. The third-order valence-corrected chi connectivity index (χ3v) is 11.6. The Balaban J connectivity index is 1.13. The van der Waals surface area contributed by atoms with E-state index in [1.54, 1.807) is 0 Å². The Labute approximate surface area is 391 Å². The average molecular weight is 978 g/mol. The molecule has 12 N–H and O–H groups in total. The van der Waals surface area contributed by atoms with Gasteiger partial charge in [0.25, 0.3) is 0 Å². The van der Waals surface area contributed by atoms with Crippen LogP contribution in [-0.4, -0.2) is 194 Å². The molecule has 0 amide bonds. The molecule has 4 aromatic rings. The van der Waals surface area contributed by atoms with E-state index in [9.17, 15) is 66.1 Å². The standard InChI is InChI=1S/C45H52O24/c1-17-41(69-31(49)8-6-18-5-7-22(48)25(9-18)59-2)37(55)40(58)43(63-17)62-16-30-34(52)36(54)39(57)45(68-30)66-28-14-21-23(64-42(28)19-10-26(60-3)32(50)27(11-19)61-4)12-20(47)13-24(21)65-44-38(56)35(53)33(51)29(15-46)67-44/h5-14,17,29-30,33-41,43-46,51-58H,15-16H2,1-4H3,(H2-,47,48,49,50)/p+1/t17-,29+,30+,33-,34-,35-,36+,37-,38+,39+,40-,41-,43+,44+,45+/m0/s1. The van der Waals surface area contributed by atoms with E-state index in [1.807, 2.05) is 0 Å².